The van der Waals surface area contributed by atoms with Crippen LogP contribution >= 0.6 is 0 Å². The molecular formula is C21H20N2O3. The van der Waals surface area contributed by atoms with Crippen molar-refractivity contribution in [3.8, 4) is 5.75 Å². The Balaban J connectivity index is 1.67. The summed E-state index contributed by atoms with van der Waals surface area (Å²) >= 11 is 0. The summed E-state index contributed by atoms with van der Waals surface area (Å²) in [5.74, 6) is 0.288. The van der Waals surface area contributed by atoms with Gasteiger partial charge in [-0.15, -0.1) is 0 Å². The minimum atomic E-state index is -0.657. The first-order valence-corrected chi connectivity index (χ1v) is 8.36. The predicted molar refractivity (Wildman–Crippen MR) is 103 cm³/mol. The lowest BCUT2D eigenvalue weighted by atomic mass is 10.1. The highest BCUT2D eigenvalue weighted by Crippen LogP contribution is 2.26. The molecule has 0 aliphatic heterocycles. The fourth-order valence-corrected chi connectivity index (χ4v) is 2.63. The van der Waals surface area contributed by atoms with Crippen LogP contribution in [0.4, 0.5) is 11.4 Å². The van der Waals surface area contributed by atoms with Crippen molar-refractivity contribution in [1.29, 1.82) is 0 Å². The zero-order valence-electron chi connectivity index (χ0n) is 14.7. The van der Waals surface area contributed by atoms with E-state index < -0.39 is 6.10 Å². The van der Waals surface area contributed by atoms with Crippen molar-refractivity contribution in [2.75, 3.05) is 10.6 Å². The summed E-state index contributed by atoms with van der Waals surface area (Å²) in [5, 5.41) is 7.52. The summed E-state index contributed by atoms with van der Waals surface area (Å²) in [4.78, 5) is 23.4. The van der Waals surface area contributed by atoms with Gasteiger partial charge in [-0.3, -0.25) is 9.59 Å². The molecule has 0 saturated carbocycles. The lowest BCUT2D eigenvalue weighted by Crippen LogP contribution is -2.30. The largest absolute Gasteiger partial charge is 0.480 e. The van der Waals surface area contributed by atoms with Crippen molar-refractivity contribution in [1.82, 2.24) is 0 Å². The smallest absolute Gasteiger partial charge is 0.265 e. The van der Waals surface area contributed by atoms with E-state index in [2.05, 4.69) is 10.6 Å². The highest BCUT2D eigenvalue weighted by atomic mass is 16.5. The number of fused-ring (bicyclic) bond motifs is 1. The van der Waals surface area contributed by atoms with Crippen molar-refractivity contribution in [2.24, 2.45) is 0 Å². The number of amides is 2. The van der Waals surface area contributed by atoms with Gasteiger partial charge >= 0.3 is 0 Å². The SMILES string of the molecule is CC(=O)Nc1ccc(NC(=O)C(C)Oc2cccc3ccccc23)cc1. The molecule has 0 aliphatic carbocycles. The van der Waals surface area contributed by atoms with Crippen molar-refractivity contribution in [3.63, 3.8) is 0 Å². The third-order valence-electron chi connectivity index (χ3n) is 3.90. The van der Waals surface area contributed by atoms with Gasteiger partial charge in [-0.1, -0.05) is 36.4 Å². The van der Waals surface area contributed by atoms with Crippen LogP contribution < -0.4 is 15.4 Å². The molecule has 3 rings (SSSR count). The van der Waals surface area contributed by atoms with Crippen LogP contribution in [0.15, 0.2) is 66.7 Å². The third-order valence-corrected chi connectivity index (χ3v) is 3.90. The van der Waals surface area contributed by atoms with Gasteiger partial charge in [0.15, 0.2) is 6.10 Å². The van der Waals surface area contributed by atoms with E-state index in [-0.39, 0.29) is 11.8 Å². The summed E-state index contributed by atoms with van der Waals surface area (Å²) in [6.07, 6.45) is -0.657. The quantitative estimate of drug-likeness (QED) is 0.726. The molecule has 3 aromatic rings. The molecule has 26 heavy (non-hydrogen) atoms. The van der Waals surface area contributed by atoms with Crippen LogP contribution in [0.1, 0.15) is 13.8 Å². The number of carbonyl (C=O) groups excluding carboxylic acids is 2. The number of hydrogen-bond donors (Lipinski definition) is 2. The number of benzene rings is 3. The molecule has 132 valence electrons. The topological polar surface area (TPSA) is 67.4 Å². The van der Waals surface area contributed by atoms with E-state index >= 15 is 0 Å². The highest BCUT2D eigenvalue weighted by molar-refractivity contribution is 5.95. The molecule has 2 amide bonds. The molecule has 0 spiro atoms. The van der Waals surface area contributed by atoms with Crippen LogP contribution in [-0.4, -0.2) is 17.9 Å². The molecular weight excluding hydrogens is 328 g/mol. The average Bonchev–Trinajstić information content (AvgIpc) is 2.63. The van der Waals surface area contributed by atoms with Crippen LogP contribution in [0.2, 0.25) is 0 Å². The number of hydrogen-bond acceptors (Lipinski definition) is 3. The van der Waals surface area contributed by atoms with E-state index in [0.717, 1.165) is 10.8 Å². The van der Waals surface area contributed by atoms with E-state index in [1.165, 1.54) is 6.92 Å². The maximum Gasteiger partial charge on any atom is 0.265 e. The summed E-state index contributed by atoms with van der Waals surface area (Å²) in [7, 11) is 0. The molecule has 0 heterocycles. The van der Waals surface area contributed by atoms with Gasteiger partial charge in [-0.25, -0.2) is 0 Å². The number of carbonyl (C=O) groups is 2. The van der Waals surface area contributed by atoms with E-state index in [0.29, 0.717) is 17.1 Å². The van der Waals surface area contributed by atoms with Gasteiger partial charge in [0.2, 0.25) is 5.91 Å². The van der Waals surface area contributed by atoms with E-state index in [1.54, 1.807) is 31.2 Å². The first kappa shape index (κ1) is 17.5. The minimum absolute atomic E-state index is 0.140. The number of anilines is 2. The second-order valence-electron chi connectivity index (χ2n) is 5.99. The number of ether oxygens (including phenoxy) is 1. The Kier molecular flexibility index (Phi) is 5.17. The summed E-state index contributed by atoms with van der Waals surface area (Å²) in [5.41, 5.74) is 1.31. The normalized spacial score (nSPS) is 11.6. The Labute approximate surface area is 152 Å². The highest BCUT2D eigenvalue weighted by Gasteiger charge is 2.16. The Morgan fingerprint density at radius 3 is 2.15 bits per heavy atom. The summed E-state index contributed by atoms with van der Waals surface area (Å²) in [6, 6.07) is 20.6. The van der Waals surface area contributed by atoms with Crippen LogP contribution in [0.25, 0.3) is 10.8 Å². The monoisotopic (exact) mass is 348 g/mol. The molecule has 5 heteroatoms. The predicted octanol–water partition coefficient (Wildman–Crippen LogP) is 4.20. The fourth-order valence-electron chi connectivity index (χ4n) is 2.63. The molecule has 0 saturated heterocycles. The van der Waals surface area contributed by atoms with Gasteiger partial charge in [-0.2, -0.15) is 0 Å². The molecule has 3 aromatic carbocycles. The van der Waals surface area contributed by atoms with Crippen molar-refractivity contribution < 1.29 is 14.3 Å². The zero-order chi connectivity index (χ0) is 18.5. The molecule has 1 unspecified atom stereocenters. The van der Waals surface area contributed by atoms with Crippen molar-refractivity contribution in [3.05, 3.63) is 66.7 Å². The minimum Gasteiger partial charge on any atom is -0.480 e. The van der Waals surface area contributed by atoms with Gasteiger partial charge in [0.1, 0.15) is 5.75 Å². The lowest BCUT2D eigenvalue weighted by molar-refractivity contribution is -0.122. The van der Waals surface area contributed by atoms with Gasteiger partial charge in [0.05, 0.1) is 0 Å². The third kappa shape index (κ3) is 4.19. The Morgan fingerprint density at radius 1 is 0.846 bits per heavy atom. The average molecular weight is 348 g/mol. The van der Waals surface area contributed by atoms with Gasteiger partial charge in [0.25, 0.3) is 5.91 Å². The summed E-state index contributed by atoms with van der Waals surface area (Å²) < 4.78 is 5.87. The molecule has 0 bridgehead atoms. The standard InChI is InChI=1S/C21H20N2O3/c1-14(26-20-9-5-7-16-6-3-4-8-19(16)20)21(25)23-18-12-10-17(11-13-18)22-15(2)24/h3-14H,1-2H3,(H,22,24)(H,23,25). The fraction of sp³-hybridized carbons (Fsp3) is 0.143. The van der Waals surface area contributed by atoms with E-state index in [1.807, 2.05) is 42.5 Å². The van der Waals surface area contributed by atoms with E-state index in [9.17, 15) is 9.59 Å². The zero-order valence-corrected chi connectivity index (χ0v) is 14.7. The molecule has 0 fully saturated rings. The molecule has 0 radical (unpaired) electrons. The maximum absolute atomic E-state index is 12.4. The maximum atomic E-state index is 12.4. The van der Waals surface area contributed by atoms with Crippen LogP contribution in [0.3, 0.4) is 0 Å². The lowest BCUT2D eigenvalue weighted by Gasteiger charge is -2.16. The molecule has 0 aromatic heterocycles. The number of nitrogens with one attached hydrogen (secondary N) is 2. The number of rotatable bonds is 5. The molecule has 2 N–H and O–H groups in total. The first-order chi connectivity index (χ1) is 12.5. The van der Waals surface area contributed by atoms with Crippen LogP contribution in [0.5, 0.6) is 5.75 Å². The Bertz CT molecular complexity index is 930. The Morgan fingerprint density at radius 2 is 1.46 bits per heavy atom. The van der Waals surface area contributed by atoms with Crippen LogP contribution in [0, 0.1) is 0 Å². The molecule has 1 atom stereocenters. The van der Waals surface area contributed by atoms with Crippen molar-refractivity contribution >= 4 is 34.0 Å². The second-order valence-corrected chi connectivity index (χ2v) is 5.99. The van der Waals surface area contributed by atoms with Crippen molar-refractivity contribution in [2.45, 2.75) is 20.0 Å². The van der Waals surface area contributed by atoms with E-state index in [4.69, 9.17) is 4.74 Å². The van der Waals surface area contributed by atoms with Crippen LogP contribution in [-0.2, 0) is 9.59 Å². The molecule has 5 nitrogen and oxygen atoms in total. The molecule has 0 aliphatic rings. The van der Waals surface area contributed by atoms with Gasteiger partial charge in [-0.05, 0) is 42.6 Å². The Hall–Kier alpha value is -3.34. The van der Waals surface area contributed by atoms with Gasteiger partial charge in [0, 0.05) is 23.7 Å². The first-order valence-electron chi connectivity index (χ1n) is 8.36. The summed E-state index contributed by atoms with van der Waals surface area (Å²) in [6.45, 7) is 3.16. The van der Waals surface area contributed by atoms with Gasteiger partial charge < -0.3 is 15.4 Å². The second kappa shape index (κ2) is 7.70.